The van der Waals surface area contributed by atoms with Crippen LogP contribution in [0.5, 0.6) is 5.75 Å². The van der Waals surface area contributed by atoms with E-state index >= 15 is 0 Å². The average molecular weight is 412 g/mol. The first-order valence-corrected chi connectivity index (χ1v) is 10.3. The smallest absolute Gasteiger partial charge is 0.281 e. The molecule has 0 atom stereocenters. The van der Waals surface area contributed by atoms with E-state index in [2.05, 4.69) is 42.9 Å². The van der Waals surface area contributed by atoms with Crippen LogP contribution < -0.4 is 20.5 Å². The average Bonchev–Trinajstić information content (AvgIpc) is 2.68. The van der Waals surface area contributed by atoms with Gasteiger partial charge in [0.2, 0.25) is 0 Å². The van der Waals surface area contributed by atoms with Gasteiger partial charge in [-0.25, -0.2) is 0 Å². The van der Waals surface area contributed by atoms with Gasteiger partial charge in [0.25, 0.3) is 11.5 Å². The van der Waals surface area contributed by atoms with Crippen molar-refractivity contribution >= 4 is 38.1 Å². The lowest BCUT2D eigenvalue weighted by molar-refractivity contribution is 0.102. The highest BCUT2D eigenvalue weighted by Gasteiger charge is 2.18. The lowest BCUT2D eigenvalue weighted by atomic mass is 10.2. The zero-order valence-corrected chi connectivity index (χ0v) is 18.0. The molecule has 1 heterocycles. The van der Waals surface area contributed by atoms with Crippen molar-refractivity contribution in [2.75, 3.05) is 17.3 Å². The number of methoxy groups -OCH3 is 1. The van der Waals surface area contributed by atoms with E-state index in [-0.39, 0.29) is 23.6 Å². The Hall–Kier alpha value is -2.93. The van der Waals surface area contributed by atoms with Gasteiger partial charge in [0, 0.05) is 28.0 Å². The maximum atomic E-state index is 12.7. The van der Waals surface area contributed by atoms with Gasteiger partial charge in [-0.3, -0.25) is 9.59 Å². The summed E-state index contributed by atoms with van der Waals surface area (Å²) in [5, 5.41) is 4.05. The maximum Gasteiger partial charge on any atom is 0.281 e. The number of anilines is 2. The Balaban J connectivity index is 1.90. The molecule has 0 aliphatic carbocycles. The number of fused-ring (bicyclic) bond motifs is 1. The molecule has 1 aromatic heterocycles. The molecule has 0 saturated carbocycles. The number of hydrogen-bond acceptors (Lipinski definition) is 6. The summed E-state index contributed by atoms with van der Waals surface area (Å²) in [5.74, 6) is 0.432. The second-order valence-electron chi connectivity index (χ2n) is 7.29. The first-order chi connectivity index (χ1) is 13.8. The summed E-state index contributed by atoms with van der Waals surface area (Å²) in [7, 11) is 1.58. The Kier molecular flexibility index (Phi) is 6.17. The normalized spacial score (nSPS) is 11.1. The Morgan fingerprint density at radius 1 is 1.07 bits per heavy atom. The Morgan fingerprint density at radius 2 is 1.72 bits per heavy atom. The monoisotopic (exact) mass is 411 g/mol. The Morgan fingerprint density at radius 3 is 2.31 bits per heavy atom. The molecule has 0 bridgehead atoms. The SMILES string of the molecule is COc1ccc(C(=O)Nc2ccc3sc(N(C(C)C)C(C)C)nc(=O)c3c2)cc1. The first kappa shape index (κ1) is 20.8. The number of hydrogen-bond donors (Lipinski definition) is 1. The van der Waals surface area contributed by atoms with Crippen molar-refractivity contribution in [1.82, 2.24) is 4.98 Å². The predicted molar refractivity (Wildman–Crippen MR) is 120 cm³/mol. The highest BCUT2D eigenvalue weighted by Crippen LogP contribution is 2.28. The van der Waals surface area contributed by atoms with Gasteiger partial charge < -0.3 is 15.0 Å². The van der Waals surface area contributed by atoms with E-state index in [0.29, 0.717) is 27.5 Å². The van der Waals surface area contributed by atoms with Crippen molar-refractivity contribution < 1.29 is 9.53 Å². The third kappa shape index (κ3) is 4.56. The molecular weight excluding hydrogens is 386 g/mol. The molecule has 0 saturated heterocycles. The molecule has 29 heavy (non-hydrogen) atoms. The maximum absolute atomic E-state index is 12.7. The van der Waals surface area contributed by atoms with E-state index in [0.717, 1.165) is 4.70 Å². The standard InChI is InChI=1S/C22H25N3O3S/c1-13(2)25(14(3)4)22-24-21(27)18-12-16(8-11-19(18)29-22)23-20(26)15-6-9-17(28-5)10-7-15/h6-14H,1-5H3,(H,23,26). The summed E-state index contributed by atoms with van der Waals surface area (Å²) in [4.78, 5) is 31.6. The zero-order valence-electron chi connectivity index (χ0n) is 17.2. The Bertz CT molecular complexity index is 1070. The van der Waals surface area contributed by atoms with E-state index in [4.69, 9.17) is 4.74 Å². The van der Waals surface area contributed by atoms with Gasteiger partial charge in [0.05, 0.1) is 12.5 Å². The number of rotatable bonds is 6. The van der Waals surface area contributed by atoms with E-state index in [1.807, 2.05) is 6.07 Å². The van der Waals surface area contributed by atoms with Gasteiger partial charge in [-0.05, 0) is 70.2 Å². The van der Waals surface area contributed by atoms with Crippen molar-refractivity contribution in [3.05, 3.63) is 58.4 Å². The molecule has 0 unspecified atom stereocenters. The van der Waals surface area contributed by atoms with Crippen molar-refractivity contribution in [3.8, 4) is 5.75 Å². The summed E-state index contributed by atoms with van der Waals surface area (Å²) in [5.41, 5.74) is 0.774. The molecule has 3 rings (SSSR count). The van der Waals surface area contributed by atoms with Crippen LogP contribution in [0, 0.1) is 0 Å². The number of nitrogens with one attached hydrogen (secondary N) is 1. The van der Waals surface area contributed by atoms with Crippen LogP contribution in [0.15, 0.2) is 47.3 Å². The molecule has 6 nitrogen and oxygen atoms in total. The number of ether oxygens (including phenoxy) is 1. The predicted octanol–water partition coefficient (Wildman–Crippen LogP) is 4.54. The minimum atomic E-state index is -0.291. The van der Waals surface area contributed by atoms with Crippen molar-refractivity contribution in [3.63, 3.8) is 0 Å². The highest BCUT2D eigenvalue weighted by molar-refractivity contribution is 7.21. The van der Waals surface area contributed by atoms with Crippen LogP contribution in [0.2, 0.25) is 0 Å². The number of carbonyl (C=O) groups excluding carboxylic acids is 1. The molecule has 2 aromatic carbocycles. The van der Waals surface area contributed by atoms with Gasteiger partial charge in [-0.1, -0.05) is 11.3 Å². The fourth-order valence-electron chi connectivity index (χ4n) is 3.23. The second kappa shape index (κ2) is 8.61. The number of amides is 1. The summed E-state index contributed by atoms with van der Waals surface area (Å²) in [6, 6.07) is 12.7. The van der Waals surface area contributed by atoms with Crippen LogP contribution in [-0.4, -0.2) is 30.1 Å². The molecule has 0 aliphatic rings. The summed E-state index contributed by atoms with van der Waals surface area (Å²) >= 11 is 1.48. The number of carbonyl (C=O) groups is 1. The van der Waals surface area contributed by atoms with E-state index in [9.17, 15) is 9.59 Å². The van der Waals surface area contributed by atoms with E-state index < -0.39 is 0 Å². The fourth-order valence-corrected chi connectivity index (χ4v) is 4.47. The topological polar surface area (TPSA) is 71.5 Å². The van der Waals surface area contributed by atoms with E-state index in [1.165, 1.54) is 11.3 Å². The van der Waals surface area contributed by atoms with Gasteiger partial charge in [0.15, 0.2) is 5.13 Å². The third-order valence-electron chi connectivity index (χ3n) is 4.55. The molecule has 0 spiro atoms. The van der Waals surface area contributed by atoms with Gasteiger partial charge >= 0.3 is 0 Å². The van der Waals surface area contributed by atoms with Crippen LogP contribution in [0.1, 0.15) is 38.1 Å². The minimum Gasteiger partial charge on any atom is -0.497 e. The van der Waals surface area contributed by atoms with Gasteiger partial charge in [0.1, 0.15) is 5.75 Å². The van der Waals surface area contributed by atoms with Crippen molar-refractivity contribution in [2.24, 2.45) is 0 Å². The lowest BCUT2D eigenvalue weighted by Crippen LogP contribution is -2.38. The van der Waals surface area contributed by atoms with Crippen LogP contribution in [-0.2, 0) is 0 Å². The summed E-state index contributed by atoms with van der Waals surface area (Å²) < 4.78 is 5.95. The molecule has 7 heteroatoms. The largest absolute Gasteiger partial charge is 0.497 e. The molecule has 1 amide bonds. The van der Waals surface area contributed by atoms with Crippen LogP contribution in [0.3, 0.4) is 0 Å². The molecule has 152 valence electrons. The van der Waals surface area contributed by atoms with Crippen LogP contribution in [0.4, 0.5) is 10.8 Å². The summed E-state index contributed by atoms with van der Waals surface area (Å²) in [6.45, 7) is 8.34. The van der Waals surface area contributed by atoms with Crippen LogP contribution in [0.25, 0.3) is 10.1 Å². The van der Waals surface area contributed by atoms with Gasteiger partial charge in [-0.15, -0.1) is 0 Å². The second-order valence-corrected chi connectivity index (χ2v) is 8.30. The minimum absolute atomic E-state index is 0.235. The van der Waals surface area contributed by atoms with Crippen molar-refractivity contribution in [2.45, 2.75) is 39.8 Å². The molecule has 0 fully saturated rings. The third-order valence-corrected chi connectivity index (χ3v) is 5.61. The summed E-state index contributed by atoms with van der Waals surface area (Å²) in [6.07, 6.45) is 0. The van der Waals surface area contributed by atoms with Gasteiger partial charge in [-0.2, -0.15) is 4.98 Å². The lowest BCUT2D eigenvalue weighted by Gasteiger charge is -2.31. The van der Waals surface area contributed by atoms with E-state index in [1.54, 1.807) is 43.5 Å². The fraction of sp³-hybridized carbons (Fsp3) is 0.318. The number of benzene rings is 2. The van der Waals surface area contributed by atoms with Crippen LogP contribution >= 0.6 is 11.3 Å². The quantitative estimate of drug-likeness (QED) is 0.645. The molecule has 1 N–H and O–H groups in total. The molecule has 3 aromatic rings. The van der Waals surface area contributed by atoms with Crippen molar-refractivity contribution in [1.29, 1.82) is 0 Å². The highest BCUT2D eigenvalue weighted by atomic mass is 32.1. The number of nitrogens with zero attached hydrogens (tertiary/aromatic N) is 2. The zero-order chi connectivity index (χ0) is 21.1. The Labute approximate surface area is 174 Å². The molecule has 0 radical (unpaired) electrons. The molecule has 0 aliphatic heterocycles. The number of aromatic nitrogens is 1. The first-order valence-electron chi connectivity index (χ1n) is 9.48. The molecular formula is C22H25N3O3S.